The molecule has 4 rings (SSSR count). The summed E-state index contributed by atoms with van der Waals surface area (Å²) in [5.41, 5.74) is 3.41. The lowest BCUT2D eigenvalue weighted by Gasteiger charge is -2.30. The third-order valence-corrected chi connectivity index (χ3v) is 5.37. The Morgan fingerprint density at radius 1 is 1.16 bits per heavy atom. The molecule has 25 heavy (non-hydrogen) atoms. The molecule has 3 aromatic rings. The van der Waals surface area contributed by atoms with E-state index in [-0.39, 0.29) is 18.1 Å². The number of carbonyl (C=O) groups is 1. The molecule has 0 radical (unpaired) electrons. The van der Waals surface area contributed by atoms with Gasteiger partial charge in [0.05, 0.1) is 17.9 Å². The summed E-state index contributed by atoms with van der Waals surface area (Å²) in [6.07, 6.45) is 2.08. The standard InChI is InChI=1S/C20H21N3OS/c1-14(2)21-20(24)23-13-15-7-3-4-8-16(15)22-11-5-9-17(22)19(23)18-10-6-12-25-18/h3-12,14,19H,13H2,1-2H3,(H,21,24)/t19-/m1/s1. The summed E-state index contributed by atoms with van der Waals surface area (Å²) in [6.45, 7) is 4.57. The van der Waals surface area contributed by atoms with Gasteiger partial charge in [-0.3, -0.25) is 0 Å². The van der Waals surface area contributed by atoms with Gasteiger partial charge in [0.1, 0.15) is 6.04 Å². The maximum atomic E-state index is 13.0. The zero-order valence-corrected chi connectivity index (χ0v) is 15.2. The lowest BCUT2D eigenvalue weighted by Crippen LogP contribution is -2.44. The fraction of sp³-hybridized carbons (Fsp3) is 0.250. The molecule has 1 atom stereocenters. The molecular weight excluding hydrogens is 330 g/mol. The number of para-hydroxylation sites is 1. The summed E-state index contributed by atoms with van der Waals surface area (Å²) in [7, 11) is 0. The molecule has 5 heteroatoms. The second-order valence-electron chi connectivity index (χ2n) is 6.58. The van der Waals surface area contributed by atoms with Crippen LogP contribution in [0, 0.1) is 0 Å². The van der Waals surface area contributed by atoms with E-state index in [1.165, 1.54) is 4.88 Å². The monoisotopic (exact) mass is 351 g/mol. The molecule has 2 amide bonds. The number of urea groups is 1. The average molecular weight is 351 g/mol. The van der Waals surface area contributed by atoms with Crippen molar-refractivity contribution in [3.05, 3.63) is 76.2 Å². The topological polar surface area (TPSA) is 37.3 Å². The molecule has 1 aliphatic rings. The molecule has 2 aromatic heterocycles. The maximum absolute atomic E-state index is 13.0. The van der Waals surface area contributed by atoms with Gasteiger partial charge in [0.2, 0.25) is 0 Å². The van der Waals surface area contributed by atoms with Crippen LogP contribution >= 0.6 is 11.3 Å². The average Bonchev–Trinajstić information content (AvgIpc) is 3.25. The van der Waals surface area contributed by atoms with Gasteiger partial charge in [0, 0.05) is 17.1 Å². The minimum absolute atomic E-state index is 0.0298. The van der Waals surface area contributed by atoms with Crippen LogP contribution in [-0.2, 0) is 6.54 Å². The van der Waals surface area contributed by atoms with Crippen molar-refractivity contribution in [1.82, 2.24) is 14.8 Å². The Morgan fingerprint density at radius 2 is 2.00 bits per heavy atom. The molecule has 1 aliphatic heterocycles. The number of rotatable bonds is 2. The molecule has 0 bridgehead atoms. The van der Waals surface area contributed by atoms with Crippen molar-refractivity contribution in [1.29, 1.82) is 0 Å². The summed E-state index contributed by atoms with van der Waals surface area (Å²) in [6, 6.07) is 16.6. The Morgan fingerprint density at radius 3 is 2.76 bits per heavy atom. The molecule has 0 saturated carbocycles. The number of aromatic nitrogens is 1. The van der Waals surface area contributed by atoms with Crippen molar-refractivity contribution in [3.63, 3.8) is 0 Å². The van der Waals surface area contributed by atoms with Crippen LogP contribution in [0.15, 0.2) is 60.1 Å². The van der Waals surface area contributed by atoms with E-state index in [0.717, 1.165) is 16.9 Å². The number of nitrogens with zero attached hydrogens (tertiary/aromatic N) is 2. The van der Waals surface area contributed by atoms with E-state index in [1.54, 1.807) is 11.3 Å². The molecule has 0 unspecified atom stereocenters. The highest BCUT2D eigenvalue weighted by molar-refractivity contribution is 7.10. The fourth-order valence-corrected chi connectivity index (χ4v) is 4.26. The smallest absolute Gasteiger partial charge is 0.318 e. The zero-order chi connectivity index (χ0) is 17.4. The van der Waals surface area contributed by atoms with Gasteiger partial charge in [0.25, 0.3) is 0 Å². The number of nitrogens with one attached hydrogen (secondary N) is 1. The van der Waals surface area contributed by atoms with Crippen molar-refractivity contribution in [2.75, 3.05) is 0 Å². The highest BCUT2D eigenvalue weighted by Gasteiger charge is 2.33. The van der Waals surface area contributed by atoms with E-state index in [1.807, 2.05) is 36.9 Å². The van der Waals surface area contributed by atoms with Crippen molar-refractivity contribution >= 4 is 17.4 Å². The third-order valence-electron chi connectivity index (χ3n) is 4.45. The first-order chi connectivity index (χ1) is 12.1. The number of amides is 2. The molecule has 128 valence electrons. The van der Waals surface area contributed by atoms with Gasteiger partial charge < -0.3 is 14.8 Å². The Balaban J connectivity index is 1.89. The van der Waals surface area contributed by atoms with Gasteiger partial charge in [-0.25, -0.2) is 4.79 Å². The molecular formula is C20H21N3OS. The van der Waals surface area contributed by atoms with Gasteiger partial charge in [-0.2, -0.15) is 0 Å². The van der Waals surface area contributed by atoms with Crippen LogP contribution in [0.3, 0.4) is 0 Å². The first kappa shape index (κ1) is 16.0. The van der Waals surface area contributed by atoms with Gasteiger partial charge in [0.15, 0.2) is 0 Å². The number of carbonyl (C=O) groups excluding carboxylic acids is 1. The van der Waals surface area contributed by atoms with Gasteiger partial charge >= 0.3 is 6.03 Å². The first-order valence-corrected chi connectivity index (χ1v) is 9.39. The fourth-order valence-electron chi connectivity index (χ4n) is 3.42. The van der Waals surface area contributed by atoms with Crippen LogP contribution in [0.2, 0.25) is 0 Å². The minimum atomic E-state index is -0.0962. The van der Waals surface area contributed by atoms with Crippen LogP contribution in [-0.4, -0.2) is 21.5 Å². The summed E-state index contributed by atoms with van der Waals surface area (Å²) in [5.74, 6) is 0. The van der Waals surface area contributed by atoms with Crippen LogP contribution in [0.25, 0.3) is 5.69 Å². The Kier molecular flexibility index (Phi) is 4.09. The maximum Gasteiger partial charge on any atom is 0.318 e. The number of benzene rings is 1. The number of fused-ring (bicyclic) bond motifs is 3. The quantitative estimate of drug-likeness (QED) is 0.722. The van der Waals surface area contributed by atoms with Crippen molar-refractivity contribution in [2.24, 2.45) is 0 Å². The Bertz CT molecular complexity index is 882. The van der Waals surface area contributed by atoms with Gasteiger partial charge in [-0.1, -0.05) is 24.3 Å². The van der Waals surface area contributed by atoms with Crippen LogP contribution in [0.5, 0.6) is 0 Å². The minimum Gasteiger partial charge on any atom is -0.336 e. The van der Waals surface area contributed by atoms with E-state index in [4.69, 9.17) is 0 Å². The largest absolute Gasteiger partial charge is 0.336 e. The third kappa shape index (κ3) is 2.85. The Hall–Kier alpha value is -2.53. The molecule has 3 heterocycles. The summed E-state index contributed by atoms with van der Waals surface area (Å²) in [4.78, 5) is 16.1. The predicted molar refractivity (Wildman–Crippen MR) is 101 cm³/mol. The van der Waals surface area contributed by atoms with Crippen molar-refractivity contribution < 1.29 is 4.79 Å². The predicted octanol–water partition coefficient (Wildman–Crippen LogP) is 4.56. The number of thiophene rings is 1. The van der Waals surface area contributed by atoms with Crippen LogP contribution in [0.4, 0.5) is 4.79 Å². The zero-order valence-electron chi connectivity index (χ0n) is 14.3. The second kappa shape index (κ2) is 6.41. The van der Waals surface area contributed by atoms with Gasteiger partial charge in [-0.05, 0) is 49.1 Å². The molecule has 1 aromatic carbocycles. The van der Waals surface area contributed by atoms with Crippen molar-refractivity contribution in [3.8, 4) is 5.69 Å². The van der Waals surface area contributed by atoms with E-state index < -0.39 is 0 Å². The molecule has 0 saturated heterocycles. The van der Waals surface area contributed by atoms with E-state index in [0.29, 0.717) is 6.54 Å². The SMILES string of the molecule is CC(C)NC(=O)N1Cc2ccccc2-n2cccc2[C@@H]1c1cccs1. The second-order valence-corrected chi connectivity index (χ2v) is 7.56. The number of hydrogen-bond acceptors (Lipinski definition) is 2. The molecule has 0 fully saturated rings. The summed E-state index contributed by atoms with van der Waals surface area (Å²) in [5, 5.41) is 5.14. The van der Waals surface area contributed by atoms with Crippen LogP contribution < -0.4 is 5.32 Å². The molecule has 4 nitrogen and oxygen atoms in total. The molecule has 1 N–H and O–H groups in total. The number of hydrogen-bond donors (Lipinski definition) is 1. The summed E-state index contributed by atoms with van der Waals surface area (Å²) >= 11 is 1.69. The molecule has 0 aliphatic carbocycles. The highest BCUT2D eigenvalue weighted by Crippen LogP contribution is 2.38. The molecule has 0 spiro atoms. The lowest BCUT2D eigenvalue weighted by atomic mass is 10.1. The van der Waals surface area contributed by atoms with Crippen LogP contribution in [0.1, 0.15) is 36.0 Å². The normalized spacial score (nSPS) is 16.3. The lowest BCUT2D eigenvalue weighted by molar-refractivity contribution is 0.179. The van der Waals surface area contributed by atoms with E-state index in [9.17, 15) is 4.79 Å². The first-order valence-electron chi connectivity index (χ1n) is 8.51. The van der Waals surface area contributed by atoms with E-state index in [2.05, 4.69) is 51.8 Å². The summed E-state index contributed by atoms with van der Waals surface area (Å²) < 4.78 is 2.21. The van der Waals surface area contributed by atoms with Crippen molar-refractivity contribution in [2.45, 2.75) is 32.5 Å². The van der Waals surface area contributed by atoms with E-state index >= 15 is 0 Å². The highest BCUT2D eigenvalue weighted by atomic mass is 32.1. The Labute approximate surface area is 151 Å². The van der Waals surface area contributed by atoms with Gasteiger partial charge in [-0.15, -0.1) is 11.3 Å².